The van der Waals surface area contributed by atoms with Gasteiger partial charge in [-0.1, -0.05) is 18.7 Å². The van der Waals surface area contributed by atoms with Crippen LogP contribution in [0.25, 0.3) is 0 Å². The molecule has 9 nitrogen and oxygen atoms in total. The van der Waals surface area contributed by atoms with Gasteiger partial charge in [-0.05, 0) is 42.8 Å². The fourth-order valence-electron chi connectivity index (χ4n) is 3.76. The van der Waals surface area contributed by atoms with E-state index in [9.17, 15) is 4.39 Å². The van der Waals surface area contributed by atoms with E-state index in [1.54, 1.807) is 19.3 Å². The third-order valence-corrected chi connectivity index (χ3v) is 5.69. The number of hydrazone groups is 1. The lowest BCUT2D eigenvalue weighted by Crippen LogP contribution is -2.41. The van der Waals surface area contributed by atoms with Crippen LogP contribution in [0.2, 0.25) is 0 Å². The predicted octanol–water partition coefficient (Wildman–Crippen LogP) is 3.02. The smallest absolute Gasteiger partial charge is 0.167 e. The number of anilines is 2. The number of hydrogen-bond acceptors (Lipinski definition) is 8. The van der Waals surface area contributed by atoms with Crippen molar-refractivity contribution in [1.82, 2.24) is 26.2 Å². The molecular formula is C25H31FN8O. The summed E-state index contributed by atoms with van der Waals surface area (Å²) in [4.78, 5) is 10.5. The summed E-state index contributed by atoms with van der Waals surface area (Å²) in [6.45, 7) is 9.55. The number of halogens is 1. The van der Waals surface area contributed by atoms with Crippen LogP contribution < -0.4 is 21.6 Å². The summed E-state index contributed by atoms with van der Waals surface area (Å²) >= 11 is 0. The largest absolute Gasteiger partial charge is 0.378 e. The minimum Gasteiger partial charge on any atom is -0.378 e. The van der Waals surface area contributed by atoms with Crippen LogP contribution in [0.15, 0.2) is 77.0 Å². The molecule has 184 valence electrons. The molecule has 0 bridgehead atoms. The van der Waals surface area contributed by atoms with Gasteiger partial charge in [0.1, 0.15) is 5.82 Å². The number of amidine groups is 1. The first-order chi connectivity index (χ1) is 17.1. The van der Waals surface area contributed by atoms with E-state index in [4.69, 9.17) is 4.74 Å². The Balaban J connectivity index is 1.30. The second-order valence-electron chi connectivity index (χ2n) is 8.17. The van der Waals surface area contributed by atoms with Crippen LogP contribution >= 0.6 is 0 Å². The molecule has 0 spiro atoms. The zero-order valence-electron chi connectivity index (χ0n) is 19.8. The van der Waals surface area contributed by atoms with E-state index in [0.29, 0.717) is 37.9 Å². The summed E-state index contributed by atoms with van der Waals surface area (Å²) in [5.74, 6) is 0.533. The molecule has 0 radical (unpaired) electrons. The van der Waals surface area contributed by atoms with Crippen molar-refractivity contribution in [2.24, 2.45) is 10.1 Å². The van der Waals surface area contributed by atoms with E-state index in [2.05, 4.69) is 67.5 Å². The van der Waals surface area contributed by atoms with Gasteiger partial charge in [-0.15, -0.1) is 0 Å². The average molecular weight is 479 g/mol. The van der Waals surface area contributed by atoms with Crippen molar-refractivity contribution in [3.05, 3.63) is 78.2 Å². The zero-order valence-corrected chi connectivity index (χ0v) is 19.8. The van der Waals surface area contributed by atoms with Gasteiger partial charge in [-0.25, -0.2) is 9.38 Å². The number of morpholine rings is 1. The molecule has 35 heavy (non-hydrogen) atoms. The van der Waals surface area contributed by atoms with Crippen LogP contribution in [-0.4, -0.2) is 61.3 Å². The summed E-state index contributed by atoms with van der Waals surface area (Å²) in [5.41, 5.74) is 12.9. The van der Waals surface area contributed by atoms with Crippen molar-refractivity contribution >= 4 is 23.4 Å². The molecule has 1 aromatic carbocycles. The summed E-state index contributed by atoms with van der Waals surface area (Å²) in [7, 11) is 0. The van der Waals surface area contributed by atoms with Crippen LogP contribution in [0, 0.1) is 0 Å². The van der Waals surface area contributed by atoms with Crippen LogP contribution in [0.3, 0.4) is 0 Å². The fraction of sp³-hybridized carbons (Fsp3) is 0.320. The highest BCUT2D eigenvalue weighted by Gasteiger charge is 2.19. The van der Waals surface area contributed by atoms with Crippen molar-refractivity contribution in [1.29, 1.82) is 0 Å². The Morgan fingerprint density at radius 2 is 1.86 bits per heavy atom. The van der Waals surface area contributed by atoms with Crippen molar-refractivity contribution in [2.75, 3.05) is 44.7 Å². The van der Waals surface area contributed by atoms with Gasteiger partial charge >= 0.3 is 0 Å². The summed E-state index contributed by atoms with van der Waals surface area (Å²) < 4.78 is 19.7. The molecule has 0 saturated carbocycles. The first kappa shape index (κ1) is 24.5. The number of aliphatic imine (C=N–C) groups is 1. The highest BCUT2D eigenvalue weighted by Crippen LogP contribution is 2.21. The second kappa shape index (κ2) is 12.2. The van der Waals surface area contributed by atoms with Gasteiger partial charge in [0.25, 0.3) is 0 Å². The lowest BCUT2D eigenvalue weighted by Gasteiger charge is -2.29. The molecule has 10 heteroatoms. The van der Waals surface area contributed by atoms with Gasteiger partial charge in [0, 0.05) is 37.8 Å². The maximum absolute atomic E-state index is 14.3. The van der Waals surface area contributed by atoms with E-state index >= 15 is 0 Å². The number of hydrogen-bond donors (Lipinski definition) is 4. The highest BCUT2D eigenvalue weighted by molar-refractivity contribution is 5.97. The van der Waals surface area contributed by atoms with Gasteiger partial charge in [-0.3, -0.25) is 21.3 Å². The van der Waals surface area contributed by atoms with E-state index in [0.717, 1.165) is 24.5 Å². The van der Waals surface area contributed by atoms with E-state index < -0.39 is 5.83 Å². The average Bonchev–Trinajstić information content (AvgIpc) is 3.44. The van der Waals surface area contributed by atoms with Crippen molar-refractivity contribution < 1.29 is 9.13 Å². The minimum absolute atomic E-state index is 0.224. The summed E-state index contributed by atoms with van der Waals surface area (Å²) in [6.07, 6.45) is 4.68. The maximum Gasteiger partial charge on any atom is 0.167 e. The Labute approximate surface area is 204 Å². The monoisotopic (exact) mass is 478 g/mol. The van der Waals surface area contributed by atoms with Crippen LogP contribution in [0.1, 0.15) is 24.1 Å². The second-order valence-corrected chi connectivity index (χ2v) is 8.17. The Hall–Kier alpha value is -3.60. The Kier molecular flexibility index (Phi) is 8.55. The van der Waals surface area contributed by atoms with Crippen LogP contribution in [0.4, 0.5) is 15.8 Å². The van der Waals surface area contributed by atoms with Gasteiger partial charge in [0.15, 0.2) is 11.7 Å². The molecule has 0 aliphatic carbocycles. The Morgan fingerprint density at radius 3 is 2.51 bits per heavy atom. The SMILES string of the molecule is C=C(/N=C(\C(F)=C/C)N1CCOCC1)N/N=C/c1ccc(Nc2ccc(C3CNNC3)cc2)cn1. The lowest BCUT2D eigenvalue weighted by molar-refractivity contribution is 0.0676. The van der Waals surface area contributed by atoms with Gasteiger partial charge < -0.3 is 15.0 Å². The van der Waals surface area contributed by atoms with Crippen molar-refractivity contribution in [3.8, 4) is 0 Å². The topological polar surface area (TPSA) is 98.2 Å². The van der Waals surface area contributed by atoms with Crippen LogP contribution in [-0.2, 0) is 4.74 Å². The molecule has 4 N–H and O–H groups in total. The molecule has 2 saturated heterocycles. The Bertz CT molecular complexity index is 1070. The van der Waals surface area contributed by atoms with E-state index in [-0.39, 0.29) is 11.7 Å². The number of rotatable bonds is 8. The molecule has 4 rings (SSSR count). The molecule has 2 aromatic rings. The van der Waals surface area contributed by atoms with E-state index in [1.165, 1.54) is 11.6 Å². The summed E-state index contributed by atoms with van der Waals surface area (Å²) in [5, 5.41) is 7.48. The molecule has 1 aromatic heterocycles. The molecule has 2 aliphatic rings. The van der Waals surface area contributed by atoms with Crippen molar-refractivity contribution in [3.63, 3.8) is 0 Å². The number of ether oxygens (including phenoxy) is 1. The number of allylic oxidation sites excluding steroid dienone is 1. The highest BCUT2D eigenvalue weighted by atomic mass is 19.1. The molecular weight excluding hydrogens is 447 g/mol. The number of benzene rings is 1. The standard InChI is InChI=1S/C25H31FN8O/c1-3-24(26)25(34-10-12-35-13-11-34)31-18(2)33-30-17-22-8-9-23(16-27-22)32-21-6-4-19(5-7-21)20-14-28-29-15-20/h3-9,16-17,20,28-29,32-33H,2,10-15H2,1H3/b24-3+,30-17+,31-25+. The van der Waals surface area contributed by atoms with Crippen LogP contribution in [0.5, 0.6) is 0 Å². The first-order valence-electron chi connectivity index (χ1n) is 11.6. The minimum atomic E-state index is -0.411. The molecule has 2 fully saturated rings. The molecule has 0 unspecified atom stereocenters. The lowest BCUT2D eigenvalue weighted by atomic mass is 10.0. The summed E-state index contributed by atoms with van der Waals surface area (Å²) in [6, 6.07) is 12.2. The number of nitrogens with zero attached hydrogens (tertiary/aromatic N) is 4. The third-order valence-electron chi connectivity index (χ3n) is 5.69. The fourth-order valence-corrected chi connectivity index (χ4v) is 3.76. The predicted molar refractivity (Wildman–Crippen MR) is 137 cm³/mol. The molecule has 2 aliphatic heterocycles. The van der Waals surface area contributed by atoms with Crippen molar-refractivity contribution in [2.45, 2.75) is 12.8 Å². The molecule has 3 heterocycles. The number of pyridine rings is 1. The zero-order chi connectivity index (χ0) is 24.5. The van der Waals surface area contributed by atoms with Gasteiger partial charge in [0.05, 0.1) is 37.0 Å². The molecule has 0 amide bonds. The normalized spacial score (nSPS) is 17.7. The first-order valence-corrected chi connectivity index (χ1v) is 11.6. The quantitative estimate of drug-likeness (QED) is 0.263. The Morgan fingerprint density at radius 1 is 1.14 bits per heavy atom. The maximum atomic E-state index is 14.3. The molecule has 0 atom stereocenters. The van der Waals surface area contributed by atoms with Gasteiger partial charge in [0.2, 0.25) is 0 Å². The van der Waals surface area contributed by atoms with Gasteiger partial charge in [-0.2, -0.15) is 5.10 Å². The number of nitrogens with one attached hydrogen (secondary N) is 4. The third kappa shape index (κ3) is 6.95. The number of aromatic nitrogens is 1. The van der Waals surface area contributed by atoms with E-state index in [1.807, 2.05) is 17.0 Å². The number of hydrazine groups is 1.